The largest absolute Gasteiger partial charge is 0.351 e. The molecule has 5 heteroatoms. The molecule has 1 unspecified atom stereocenters. The molecule has 24 heavy (non-hydrogen) atoms. The second kappa shape index (κ2) is 10.8. The van der Waals surface area contributed by atoms with Crippen LogP contribution in [-0.2, 0) is 16.0 Å². The normalized spacial score (nSPS) is 12.0. The second-order valence-corrected chi connectivity index (χ2v) is 6.66. The van der Waals surface area contributed by atoms with Crippen molar-refractivity contribution in [1.29, 1.82) is 0 Å². The van der Waals surface area contributed by atoms with Gasteiger partial charge in [-0.15, -0.1) is 0 Å². The maximum atomic E-state index is 11.9. The molecule has 0 aliphatic heterocycles. The van der Waals surface area contributed by atoms with Crippen molar-refractivity contribution in [2.45, 2.75) is 39.5 Å². The maximum Gasteiger partial charge on any atom is 0.275 e. The first-order valence-electron chi connectivity index (χ1n) is 8.85. The van der Waals surface area contributed by atoms with Crippen molar-refractivity contribution < 1.29 is 14.5 Å². The van der Waals surface area contributed by atoms with E-state index in [2.05, 4.69) is 48.7 Å². The topological polar surface area (TPSA) is 62.6 Å². The van der Waals surface area contributed by atoms with E-state index in [4.69, 9.17) is 0 Å². The van der Waals surface area contributed by atoms with Gasteiger partial charge < -0.3 is 15.5 Å². The summed E-state index contributed by atoms with van der Waals surface area (Å²) in [5.74, 6) is 0.508. The van der Waals surface area contributed by atoms with Crippen LogP contribution < -0.4 is 15.5 Å². The number of nitrogens with one attached hydrogen (secondary N) is 3. The minimum Gasteiger partial charge on any atom is -0.351 e. The average Bonchev–Trinajstić information content (AvgIpc) is 2.53. The van der Waals surface area contributed by atoms with Crippen molar-refractivity contribution in [2.75, 3.05) is 33.2 Å². The van der Waals surface area contributed by atoms with Gasteiger partial charge in [0.15, 0.2) is 13.1 Å². The van der Waals surface area contributed by atoms with E-state index in [1.807, 2.05) is 14.0 Å². The van der Waals surface area contributed by atoms with E-state index in [-0.39, 0.29) is 11.8 Å². The van der Waals surface area contributed by atoms with Gasteiger partial charge in [0.2, 0.25) is 0 Å². The zero-order valence-electron chi connectivity index (χ0n) is 15.4. The van der Waals surface area contributed by atoms with Gasteiger partial charge in [0.25, 0.3) is 11.8 Å². The van der Waals surface area contributed by atoms with Gasteiger partial charge in [0, 0.05) is 13.1 Å². The Morgan fingerprint density at radius 2 is 1.54 bits per heavy atom. The molecular weight excluding hydrogens is 302 g/mol. The van der Waals surface area contributed by atoms with E-state index in [1.165, 1.54) is 11.1 Å². The van der Waals surface area contributed by atoms with E-state index >= 15 is 0 Å². The maximum absolute atomic E-state index is 11.9. The lowest BCUT2D eigenvalue weighted by molar-refractivity contribution is -0.862. The lowest BCUT2D eigenvalue weighted by Gasteiger charge is -2.13. The Hall–Kier alpha value is -1.88. The smallest absolute Gasteiger partial charge is 0.275 e. The van der Waals surface area contributed by atoms with Crippen molar-refractivity contribution in [3.8, 4) is 0 Å². The summed E-state index contributed by atoms with van der Waals surface area (Å²) >= 11 is 0. The molecule has 1 rings (SSSR count). The van der Waals surface area contributed by atoms with Gasteiger partial charge in [-0.3, -0.25) is 9.59 Å². The number of likely N-dealkylation sites (N-methyl/N-ethyl adjacent to an activating group) is 1. The summed E-state index contributed by atoms with van der Waals surface area (Å²) in [7, 11) is 1.86. The Morgan fingerprint density at radius 1 is 1.00 bits per heavy atom. The molecule has 0 spiro atoms. The Morgan fingerprint density at radius 3 is 2.04 bits per heavy atom. The Balaban J connectivity index is 2.24. The zero-order valence-corrected chi connectivity index (χ0v) is 15.4. The van der Waals surface area contributed by atoms with Crippen molar-refractivity contribution in [3.05, 3.63) is 35.4 Å². The first-order chi connectivity index (χ1) is 11.4. The molecule has 1 aromatic rings. The summed E-state index contributed by atoms with van der Waals surface area (Å²) in [6.45, 7) is 8.31. The van der Waals surface area contributed by atoms with Gasteiger partial charge in [-0.05, 0) is 29.9 Å². The van der Waals surface area contributed by atoms with E-state index in [0.29, 0.717) is 32.1 Å². The lowest BCUT2D eigenvalue weighted by atomic mass is 10.0. The van der Waals surface area contributed by atoms with Crippen LogP contribution in [0.4, 0.5) is 0 Å². The van der Waals surface area contributed by atoms with Crippen LogP contribution in [0.2, 0.25) is 0 Å². The Bertz CT molecular complexity index is 512. The minimum atomic E-state index is -0.0189. The summed E-state index contributed by atoms with van der Waals surface area (Å²) in [4.78, 5) is 24.4. The van der Waals surface area contributed by atoms with E-state index in [9.17, 15) is 9.59 Å². The quantitative estimate of drug-likeness (QED) is 0.584. The van der Waals surface area contributed by atoms with Crippen LogP contribution in [0, 0.1) is 0 Å². The number of hydrogen-bond acceptors (Lipinski definition) is 2. The standard InChI is InChI=1S/C19H31N3O2/c1-5-11-20-18(23)13-22(4)14-19(24)21-12-10-16-6-8-17(9-7-16)15(2)3/h6-9,15H,5,10-14H2,1-4H3,(H,20,23)(H,21,24)/p+1. The summed E-state index contributed by atoms with van der Waals surface area (Å²) in [6, 6.07) is 8.54. The fourth-order valence-electron chi connectivity index (χ4n) is 2.42. The van der Waals surface area contributed by atoms with Crippen LogP contribution in [0.5, 0.6) is 0 Å². The molecule has 0 fully saturated rings. The van der Waals surface area contributed by atoms with Gasteiger partial charge in [0.05, 0.1) is 7.05 Å². The molecule has 0 heterocycles. The highest BCUT2D eigenvalue weighted by Gasteiger charge is 2.13. The Kier molecular flexibility index (Phi) is 9.08. The third-order valence-electron chi connectivity index (χ3n) is 3.88. The second-order valence-electron chi connectivity index (χ2n) is 6.66. The van der Waals surface area contributed by atoms with Crippen LogP contribution in [0.3, 0.4) is 0 Å². The first-order valence-corrected chi connectivity index (χ1v) is 8.85. The van der Waals surface area contributed by atoms with Crippen LogP contribution in [0.15, 0.2) is 24.3 Å². The third kappa shape index (κ3) is 8.11. The van der Waals surface area contributed by atoms with E-state index < -0.39 is 0 Å². The van der Waals surface area contributed by atoms with Crippen molar-refractivity contribution in [1.82, 2.24) is 10.6 Å². The molecule has 0 saturated heterocycles. The molecule has 0 aliphatic rings. The van der Waals surface area contributed by atoms with Gasteiger partial charge in [-0.25, -0.2) is 0 Å². The predicted molar refractivity (Wildman–Crippen MR) is 97.2 cm³/mol. The van der Waals surface area contributed by atoms with Gasteiger partial charge in [0.1, 0.15) is 0 Å². The fraction of sp³-hybridized carbons (Fsp3) is 0.579. The highest BCUT2D eigenvalue weighted by Crippen LogP contribution is 2.14. The molecule has 0 saturated carbocycles. The van der Waals surface area contributed by atoms with Crippen LogP contribution in [0.1, 0.15) is 44.2 Å². The SMILES string of the molecule is CCCNC(=O)C[NH+](C)CC(=O)NCCc1ccc(C(C)C)cc1. The monoisotopic (exact) mass is 334 g/mol. The Labute approximate surface area is 145 Å². The molecular formula is C19H32N3O2+. The number of hydrogen-bond donors (Lipinski definition) is 3. The molecule has 134 valence electrons. The molecule has 1 aromatic carbocycles. The molecule has 0 bridgehead atoms. The zero-order chi connectivity index (χ0) is 17.9. The number of rotatable bonds is 10. The molecule has 0 aromatic heterocycles. The summed E-state index contributed by atoms with van der Waals surface area (Å²) in [5.41, 5.74) is 2.55. The highest BCUT2D eigenvalue weighted by molar-refractivity contribution is 5.78. The molecule has 1 atom stereocenters. The van der Waals surface area contributed by atoms with E-state index in [0.717, 1.165) is 17.7 Å². The van der Waals surface area contributed by atoms with E-state index in [1.54, 1.807) is 0 Å². The van der Waals surface area contributed by atoms with Crippen molar-refractivity contribution in [3.63, 3.8) is 0 Å². The molecule has 3 N–H and O–H groups in total. The first kappa shape index (κ1) is 20.2. The fourth-order valence-corrected chi connectivity index (χ4v) is 2.42. The predicted octanol–water partition coefficient (Wildman–Crippen LogP) is 0.510. The number of quaternary nitrogens is 1. The number of carbonyl (C=O) groups excluding carboxylic acids is 2. The number of benzene rings is 1. The van der Waals surface area contributed by atoms with Crippen LogP contribution in [0.25, 0.3) is 0 Å². The molecule has 0 aliphatic carbocycles. The van der Waals surface area contributed by atoms with Gasteiger partial charge in [-0.2, -0.15) is 0 Å². The summed E-state index contributed by atoms with van der Waals surface area (Å²) in [5, 5.41) is 5.75. The lowest BCUT2D eigenvalue weighted by Crippen LogP contribution is -3.11. The minimum absolute atomic E-state index is 0.00704. The summed E-state index contributed by atoms with van der Waals surface area (Å²) < 4.78 is 0. The van der Waals surface area contributed by atoms with Gasteiger partial charge >= 0.3 is 0 Å². The van der Waals surface area contributed by atoms with Crippen LogP contribution in [-0.4, -0.2) is 45.0 Å². The number of amides is 2. The highest BCUT2D eigenvalue weighted by atomic mass is 16.2. The molecule has 0 radical (unpaired) electrons. The summed E-state index contributed by atoms with van der Waals surface area (Å²) in [6.07, 6.45) is 1.74. The number of carbonyl (C=O) groups is 2. The average molecular weight is 334 g/mol. The van der Waals surface area contributed by atoms with Crippen molar-refractivity contribution in [2.24, 2.45) is 0 Å². The third-order valence-corrected chi connectivity index (χ3v) is 3.88. The molecule has 5 nitrogen and oxygen atoms in total. The van der Waals surface area contributed by atoms with Gasteiger partial charge in [-0.1, -0.05) is 45.0 Å². The molecule has 2 amide bonds. The van der Waals surface area contributed by atoms with Crippen molar-refractivity contribution >= 4 is 11.8 Å². The van der Waals surface area contributed by atoms with Crippen LogP contribution >= 0.6 is 0 Å².